The number of nitrogens with one attached hydrogen (secondary N) is 1. The van der Waals surface area contributed by atoms with Gasteiger partial charge in [0.05, 0.1) is 22.5 Å². The third-order valence-corrected chi connectivity index (χ3v) is 3.74. The quantitative estimate of drug-likeness (QED) is 0.800. The number of halogens is 2. The maximum atomic E-state index is 10.9. The van der Waals surface area contributed by atoms with Crippen molar-refractivity contribution in [2.24, 2.45) is 0 Å². The number of benzene rings is 2. The molecule has 0 spiro atoms. The Morgan fingerprint density at radius 2 is 1.90 bits per heavy atom. The second-order valence-corrected chi connectivity index (χ2v) is 5.70. The Morgan fingerprint density at radius 3 is 2.50 bits per heavy atom. The van der Waals surface area contributed by atoms with Crippen LogP contribution in [0.15, 0.2) is 45.3 Å². The van der Waals surface area contributed by atoms with Crippen molar-refractivity contribution >= 4 is 49.2 Å². The highest BCUT2D eigenvalue weighted by Gasteiger charge is 2.09. The summed E-state index contributed by atoms with van der Waals surface area (Å²) in [6.45, 7) is 0. The molecule has 2 aromatic rings. The average Bonchev–Trinajstić information content (AvgIpc) is 2.41. The maximum absolute atomic E-state index is 10.9. The molecule has 0 unspecified atom stereocenters. The van der Waals surface area contributed by atoms with Crippen LogP contribution in [0.5, 0.6) is 0 Å². The van der Waals surface area contributed by atoms with Gasteiger partial charge in [-0.3, -0.25) is 0 Å². The van der Waals surface area contributed by atoms with E-state index in [0.29, 0.717) is 21.4 Å². The molecule has 0 atom stereocenters. The van der Waals surface area contributed by atoms with E-state index in [1.807, 2.05) is 0 Å². The number of hydrogen-bond donors (Lipinski definition) is 2. The second kappa shape index (κ2) is 6.07. The van der Waals surface area contributed by atoms with Gasteiger partial charge in [-0.05, 0) is 52.3 Å². The minimum Gasteiger partial charge on any atom is -0.478 e. The smallest absolute Gasteiger partial charge is 0.335 e. The number of rotatable bonds is 3. The lowest BCUT2D eigenvalue weighted by Crippen LogP contribution is -1.99. The first-order valence-corrected chi connectivity index (χ1v) is 7.09. The van der Waals surface area contributed by atoms with E-state index in [1.165, 1.54) is 12.1 Å². The number of carboxylic acids is 1. The predicted molar refractivity (Wildman–Crippen MR) is 83.2 cm³/mol. The van der Waals surface area contributed by atoms with Gasteiger partial charge in [0.25, 0.3) is 0 Å². The molecule has 0 aliphatic carbocycles. The number of aromatic carboxylic acids is 1. The standard InChI is InChI=1S/C14H8Br2N2O2/c15-10-3-1-9(7-17)13(6-10)18-12-4-2-8(14(19)20)5-11(12)16/h1-6,18H,(H,19,20). The van der Waals surface area contributed by atoms with Gasteiger partial charge in [0.2, 0.25) is 0 Å². The van der Waals surface area contributed by atoms with E-state index in [1.54, 1.807) is 24.3 Å². The normalized spacial score (nSPS) is 9.85. The van der Waals surface area contributed by atoms with Crippen LogP contribution in [-0.2, 0) is 0 Å². The molecular formula is C14H8Br2N2O2. The van der Waals surface area contributed by atoms with Gasteiger partial charge in [0.1, 0.15) is 6.07 Å². The Kier molecular flexibility index (Phi) is 4.42. The van der Waals surface area contributed by atoms with Gasteiger partial charge in [0.15, 0.2) is 0 Å². The number of nitrogens with zero attached hydrogens (tertiary/aromatic N) is 1. The van der Waals surface area contributed by atoms with E-state index < -0.39 is 5.97 Å². The van der Waals surface area contributed by atoms with Crippen molar-refractivity contribution in [2.75, 3.05) is 5.32 Å². The maximum Gasteiger partial charge on any atom is 0.335 e. The molecule has 2 rings (SSSR count). The van der Waals surface area contributed by atoms with Crippen LogP contribution in [0.4, 0.5) is 11.4 Å². The zero-order chi connectivity index (χ0) is 14.7. The molecule has 0 aliphatic heterocycles. The predicted octanol–water partition coefficient (Wildman–Crippen LogP) is 4.53. The molecule has 0 fully saturated rings. The van der Waals surface area contributed by atoms with Gasteiger partial charge < -0.3 is 10.4 Å². The van der Waals surface area contributed by atoms with Gasteiger partial charge >= 0.3 is 5.97 Å². The number of hydrogen-bond acceptors (Lipinski definition) is 3. The van der Waals surface area contributed by atoms with E-state index in [2.05, 4.69) is 43.2 Å². The Morgan fingerprint density at radius 1 is 1.15 bits per heavy atom. The molecule has 20 heavy (non-hydrogen) atoms. The van der Waals surface area contributed by atoms with Crippen LogP contribution in [0, 0.1) is 11.3 Å². The van der Waals surface area contributed by atoms with Crippen molar-refractivity contribution < 1.29 is 9.90 Å². The fraction of sp³-hybridized carbons (Fsp3) is 0. The zero-order valence-corrected chi connectivity index (χ0v) is 13.2. The van der Waals surface area contributed by atoms with Gasteiger partial charge in [0, 0.05) is 8.95 Å². The third-order valence-electron chi connectivity index (χ3n) is 2.59. The minimum absolute atomic E-state index is 0.192. The Labute approximate surface area is 132 Å². The lowest BCUT2D eigenvalue weighted by atomic mass is 10.1. The van der Waals surface area contributed by atoms with Crippen LogP contribution in [-0.4, -0.2) is 11.1 Å². The fourth-order valence-electron chi connectivity index (χ4n) is 1.61. The summed E-state index contributed by atoms with van der Waals surface area (Å²) in [7, 11) is 0. The summed E-state index contributed by atoms with van der Waals surface area (Å²) >= 11 is 6.67. The average molecular weight is 396 g/mol. The third kappa shape index (κ3) is 3.18. The first-order valence-electron chi connectivity index (χ1n) is 5.51. The molecule has 0 aromatic heterocycles. The highest BCUT2D eigenvalue weighted by molar-refractivity contribution is 9.10. The Balaban J connectivity index is 2.38. The Hall–Kier alpha value is -1.84. The van der Waals surface area contributed by atoms with Gasteiger partial charge in [-0.1, -0.05) is 15.9 Å². The summed E-state index contributed by atoms with van der Waals surface area (Å²) in [4.78, 5) is 10.9. The Bertz CT molecular complexity index is 724. The molecule has 0 radical (unpaired) electrons. The molecule has 0 bridgehead atoms. The van der Waals surface area contributed by atoms with Crippen molar-refractivity contribution in [1.29, 1.82) is 5.26 Å². The number of nitriles is 1. The van der Waals surface area contributed by atoms with E-state index in [0.717, 1.165) is 4.47 Å². The van der Waals surface area contributed by atoms with Crippen molar-refractivity contribution in [3.05, 3.63) is 56.5 Å². The van der Waals surface area contributed by atoms with Crippen LogP contribution >= 0.6 is 31.9 Å². The number of carbonyl (C=O) groups is 1. The highest BCUT2D eigenvalue weighted by Crippen LogP contribution is 2.30. The number of anilines is 2. The van der Waals surface area contributed by atoms with Gasteiger partial charge in [-0.25, -0.2) is 4.79 Å². The molecule has 0 saturated heterocycles. The molecule has 4 nitrogen and oxygen atoms in total. The lowest BCUT2D eigenvalue weighted by molar-refractivity contribution is 0.0697. The van der Waals surface area contributed by atoms with Crippen LogP contribution < -0.4 is 5.32 Å². The van der Waals surface area contributed by atoms with E-state index in [-0.39, 0.29) is 5.56 Å². The molecule has 0 heterocycles. The molecule has 0 aliphatic rings. The minimum atomic E-state index is -0.989. The molecule has 0 amide bonds. The van der Waals surface area contributed by atoms with Crippen molar-refractivity contribution in [2.45, 2.75) is 0 Å². The SMILES string of the molecule is N#Cc1ccc(Br)cc1Nc1ccc(C(=O)O)cc1Br. The molecule has 0 saturated carbocycles. The molecule has 2 N–H and O–H groups in total. The largest absolute Gasteiger partial charge is 0.478 e. The summed E-state index contributed by atoms with van der Waals surface area (Å²) in [5, 5.41) is 21.1. The topological polar surface area (TPSA) is 73.1 Å². The van der Waals surface area contributed by atoms with Gasteiger partial charge in [-0.15, -0.1) is 0 Å². The van der Waals surface area contributed by atoms with Gasteiger partial charge in [-0.2, -0.15) is 5.26 Å². The molecule has 100 valence electrons. The summed E-state index contributed by atoms with van der Waals surface area (Å²) in [5.74, 6) is -0.989. The molecule has 2 aromatic carbocycles. The fourth-order valence-corrected chi connectivity index (χ4v) is 2.45. The van der Waals surface area contributed by atoms with E-state index in [9.17, 15) is 4.79 Å². The first kappa shape index (κ1) is 14.6. The summed E-state index contributed by atoms with van der Waals surface area (Å²) in [5.41, 5.74) is 2.02. The van der Waals surface area contributed by atoms with Crippen molar-refractivity contribution in [3.63, 3.8) is 0 Å². The van der Waals surface area contributed by atoms with Crippen LogP contribution in [0.1, 0.15) is 15.9 Å². The molecular weight excluding hydrogens is 388 g/mol. The summed E-state index contributed by atoms with van der Waals surface area (Å²) in [6, 6.07) is 12.0. The molecule has 6 heteroatoms. The van der Waals surface area contributed by atoms with Crippen molar-refractivity contribution in [3.8, 4) is 6.07 Å². The van der Waals surface area contributed by atoms with E-state index >= 15 is 0 Å². The highest BCUT2D eigenvalue weighted by atomic mass is 79.9. The lowest BCUT2D eigenvalue weighted by Gasteiger charge is -2.11. The van der Waals surface area contributed by atoms with Crippen LogP contribution in [0.3, 0.4) is 0 Å². The van der Waals surface area contributed by atoms with Crippen LogP contribution in [0.2, 0.25) is 0 Å². The summed E-state index contributed by atoms with van der Waals surface area (Å²) in [6.07, 6.45) is 0. The van der Waals surface area contributed by atoms with Crippen LogP contribution in [0.25, 0.3) is 0 Å². The monoisotopic (exact) mass is 394 g/mol. The van der Waals surface area contributed by atoms with Crippen molar-refractivity contribution in [1.82, 2.24) is 0 Å². The zero-order valence-electron chi connectivity index (χ0n) is 10.0. The van der Waals surface area contributed by atoms with E-state index in [4.69, 9.17) is 10.4 Å². The number of carboxylic acid groups (broad SMARTS) is 1. The summed E-state index contributed by atoms with van der Waals surface area (Å²) < 4.78 is 1.46. The first-order chi connectivity index (χ1) is 9.51. The second-order valence-electron chi connectivity index (χ2n) is 3.93.